The van der Waals surface area contributed by atoms with Crippen LogP contribution in [0.3, 0.4) is 0 Å². The Morgan fingerprint density at radius 1 is 1.08 bits per heavy atom. The molecule has 0 radical (unpaired) electrons. The van der Waals surface area contributed by atoms with E-state index in [4.69, 9.17) is 19.5 Å². The Balaban J connectivity index is 2.19. The summed E-state index contributed by atoms with van der Waals surface area (Å²) >= 11 is 0. The van der Waals surface area contributed by atoms with Gasteiger partial charge in [0.25, 0.3) is 5.91 Å². The largest absolute Gasteiger partial charge is 0.493 e. The summed E-state index contributed by atoms with van der Waals surface area (Å²) in [6.45, 7) is 0.311. The van der Waals surface area contributed by atoms with Crippen LogP contribution >= 0.6 is 0 Å². The summed E-state index contributed by atoms with van der Waals surface area (Å²) in [5.41, 5.74) is 1.78. The first-order valence-electron chi connectivity index (χ1n) is 7.20. The molecular formula is C18H18N2O4. The second kappa shape index (κ2) is 7.88. The van der Waals surface area contributed by atoms with Crippen molar-refractivity contribution in [3.8, 4) is 23.3 Å². The third-order valence-corrected chi connectivity index (χ3v) is 3.44. The van der Waals surface area contributed by atoms with Crippen molar-refractivity contribution in [2.75, 3.05) is 21.3 Å². The summed E-state index contributed by atoms with van der Waals surface area (Å²) in [6, 6.07) is 12.3. The molecule has 0 spiro atoms. The summed E-state index contributed by atoms with van der Waals surface area (Å²) in [6.07, 6.45) is 0. The molecule has 24 heavy (non-hydrogen) atoms. The molecule has 0 aliphatic rings. The molecule has 0 unspecified atom stereocenters. The maximum Gasteiger partial charge on any atom is 0.251 e. The molecule has 6 nitrogen and oxygen atoms in total. The van der Waals surface area contributed by atoms with Crippen LogP contribution in [0.15, 0.2) is 36.4 Å². The summed E-state index contributed by atoms with van der Waals surface area (Å²) < 4.78 is 15.7. The van der Waals surface area contributed by atoms with Crippen molar-refractivity contribution >= 4 is 5.91 Å². The molecule has 2 aromatic rings. The molecule has 124 valence electrons. The molecule has 0 bridgehead atoms. The number of nitriles is 1. The summed E-state index contributed by atoms with van der Waals surface area (Å²) in [4.78, 5) is 12.4. The van der Waals surface area contributed by atoms with Gasteiger partial charge in [0.2, 0.25) is 5.75 Å². The maximum atomic E-state index is 12.4. The van der Waals surface area contributed by atoms with Crippen LogP contribution in [0.5, 0.6) is 17.2 Å². The van der Waals surface area contributed by atoms with Gasteiger partial charge in [0.15, 0.2) is 11.5 Å². The molecule has 0 fully saturated rings. The highest BCUT2D eigenvalue weighted by Gasteiger charge is 2.16. The maximum absolute atomic E-state index is 12.4. The zero-order valence-corrected chi connectivity index (χ0v) is 13.8. The van der Waals surface area contributed by atoms with Crippen molar-refractivity contribution in [2.45, 2.75) is 6.54 Å². The minimum Gasteiger partial charge on any atom is -0.493 e. The predicted octanol–water partition coefficient (Wildman–Crippen LogP) is 2.51. The summed E-state index contributed by atoms with van der Waals surface area (Å²) in [5.74, 6) is 0.969. The summed E-state index contributed by atoms with van der Waals surface area (Å²) in [7, 11) is 4.49. The molecule has 6 heteroatoms. The minimum atomic E-state index is -0.281. The Morgan fingerprint density at radius 3 is 2.29 bits per heavy atom. The molecule has 1 amide bonds. The summed E-state index contributed by atoms with van der Waals surface area (Å²) in [5, 5.41) is 11.7. The average molecular weight is 326 g/mol. The normalized spacial score (nSPS) is 9.75. The Kier molecular flexibility index (Phi) is 5.63. The van der Waals surface area contributed by atoms with Gasteiger partial charge in [-0.25, -0.2) is 0 Å². The third kappa shape index (κ3) is 3.76. The van der Waals surface area contributed by atoms with Gasteiger partial charge in [-0.15, -0.1) is 0 Å². The number of carbonyl (C=O) groups excluding carboxylic acids is 1. The second-order valence-corrected chi connectivity index (χ2v) is 4.91. The van der Waals surface area contributed by atoms with E-state index in [1.807, 2.05) is 6.07 Å². The molecule has 2 rings (SSSR count). The number of nitrogens with one attached hydrogen (secondary N) is 1. The van der Waals surface area contributed by atoms with E-state index in [1.54, 1.807) is 30.3 Å². The van der Waals surface area contributed by atoms with Gasteiger partial charge in [0.05, 0.1) is 33.0 Å². The van der Waals surface area contributed by atoms with Crippen LogP contribution < -0.4 is 19.5 Å². The van der Waals surface area contributed by atoms with Crippen LogP contribution in [-0.4, -0.2) is 27.2 Å². The molecule has 1 N–H and O–H groups in total. The van der Waals surface area contributed by atoms with Gasteiger partial charge in [-0.1, -0.05) is 12.1 Å². The van der Waals surface area contributed by atoms with E-state index in [1.165, 1.54) is 21.3 Å². The number of hydrogen-bond donors (Lipinski definition) is 1. The lowest BCUT2D eigenvalue weighted by Crippen LogP contribution is -2.23. The zero-order valence-electron chi connectivity index (χ0n) is 13.8. The molecule has 0 heterocycles. The first-order valence-corrected chi connectivity index (χ1v) is 7.20. The number of benzene rings is 2. The van der Waals surface area contributed by atoms with E-state index >= 15 is 0 Å². The van der Waals surface area contributed by atoms with Gasteiger partial charge in [-0.2, -0.15) is 5.26 Å². The van der Waals surface area contributed by atoms with Gasteiger partial charge >= 0.3 is 0 Å². The number of carbonyl (C=O) groups is 1. The third-order valence-electron chi connectivity index (χ3n) is 3.44. The van der Waals surface area contributed by atoms with Crippen molar-refractivity contribution < 1.29 is 19.0 Å². The lowest BCUT2D eigenvalue weighted by molar-refractivity contribution is 0.0950. The Morgan fingerprint density at radius 2 is 1.75 bits per heavy atom. The van der Waals surface area contributed by atoms with Crippen LogP contribution in [0.1, 0.15) is 21.5 Å². The number of nitrogens with zero attached hydrogens (tertiary/aromatic N) is 1. The first-order chi connectivity index (χ1) is 11.6. The van der Waals surface area contributed by atoms with Crippen LogP contribution in [0.25, 0.3) is 0 Å². The van der Waals surface area contributed by atoms with E-state index < -0.39 is 0 Å². The van der Waals surface area contributed by atoms with Gasteiger partial charge in [-0.3, -0.25) is 4.79 Å². The monoisotopic (exact) mass is 326 g/mol. The number of amides is 1. The lowest BCUT2D eigenvalue weighted by atomic mass is 10.1. The Bertz CT molecular complexity index is 756. The van der Waals surface area contributed by atoms with Crippen LogP contribution in [0.2, 0.25) is 0 Å². The molecule has 0 aliphatic carbocycles. The van der Waals surface area contributed by atoms with E-state index in [-0.39, 0.29) is 5.91 Å². The molecule has 0 saturated heterocycles. The predicted molar refractivity (Wildman–Crippen MR) is 88.4 cm³/mol. The molecule has 2 aromatic carbocycles. The highest BCUT2D eigenvalue weighted by Crippen LogP contribution is 2.38. The molecular weight excluding hydrogens is 308 g/mol. The quantitative estimate of drug-likeness (QED) is 0.882. The SMILES string of the molecule is COc1cc(C(=O)NCc2cccc(C#N)c2)cc(OC)c1OC. The Hall–Kier alpha value is -3.20. The van der Waals surface area contributed by atoms with E-state index in [0.29, 0.717) is 34.9 Å². The van der Waals surface area contributed by atoms with Crippen molar-refractivity contribution in [1.29, 1.82) is 5.26 Å². The van der Waals surface area contributed by atoms with Gasteiger partial charge in [0, 0.05) is 12.1 Å². The standard InChI is InChI=1S/C18H18N2O4/c1-22-15-8-14(9-16(23-2)17(15)24-3)18(21)20-11-13-6-4-5-12(7-13)10-19/h4-9H,11H2,1-3H3,(H,20,21). The fourth-order valence-corrected chi connectivity index (χ4v) is 2.25. The average Bonchev–Trinajstić information content (AvgIpc) is 2.64. The number of hydrogen-bond acceptors (Lipinski definition) is 5. The van der Waals surface area contributed by atoms with Crippen molar-refractivity contribution in [1.82, 2.24) is 5.32 Å². The highest BCUT2D eigenvalue weighted by molar-refractivity contribution is 5.95. The first kappa shape index (κ1) is 17.2. The van der Waals surface area contributed by atoms with Gasteiger partial charge in [-0.05, 0) is 29.8 Å². The number of rotatable bonds is 6. The van der Waals surface area contributed by atoms with Crippen molar-refractivity contribution in [2.24, 2.45) is 0 Å². The number of ether oxygens (including phenoxy) is 3. The molecule has 0 atom stereocenters. The van der Waals surface area contributed by atoms with Gasteiger partial charge in [0.1, 0.15) is 0 Å². The fourth-order valence-electron chi connectivity index (χ4n) is 2.25. The molecule has 0 saturated carbocycles. The van der Waals surface area contributed by atoms with E-state index in [9.17, 15) is 4.79 Å². The topological polar surface area (TPSA) is 80.6 Å². The Labute approximate surface area is 140 Å². The molecule has 0 aliphatic heterocycles. The lowest BCUT2D eigenvalue weighted by Gasteiger charge is -2.14. The fraction of sp³-hybridized carbons (Fsp3) is 0.222. The number of methoxy groups -OCH3 is 3. The highest BCUT2D eigenvalue weighted by atomic mass is 16.5. The van der Waals surface area contributed by atoms with Crippen LogP contribution in [0.4, 0.5) is 0 Å². The van der Waals surface area contributed by atoms with Crippen LogP contribution in [-0.2, 0) is 6.54 Å². The van der Waals surface area contributed by atoms with Crippen molar-refractivity contribution in [3.63, 3.8) is 0 Å². The van der Waals surface area contributed by atoms with Crippen molar-refractivity contribution in [3.05, 3.63) is 53.1 Å². The van der Waals surface area contributed by atoms with Crippen LogP contribution in [0, 0.1) is 11.3 Å². The second-order valence-electron chi connectivity index (χ2n) is 4.91. The smallest absolute Gasteiger partial charge is 0.251 e. The minimum absolute atomic E-state index is 0.281. The van der Waals surface area contributed by atoms with E-state index in [2.05, 4.69) is 11.4 Å². The molecule has 0 aromatic heterocycles. The van der Waals surface area contributed by atoms with Gasteiger partial charge < -0.3 is 19.5 Å². The zero-order chi connectivity index (χ0) is 17.5. The van der Waals surface area contributed by atoms with E-state index in [0.717, 1.165) is 5.56 Å².